The summed E-state index contributed by atoms with van der Waals surface area (Å²) in [6.45, 7) is 0. The highest BCUT2D eigenvalue weighted by Crippen LogP contribution is 2.33. The fourth-order valence-corrected chi connectivity index (χ4v) is 2.79. The molecule has 3 N–H and O–H groups in total. The highest BCUT2D eigenvalue weighted by Gasteiger charge is 2.37. The van der Waals surface area contributed by atoms with E-state index in [0.29, 0.717) is 22.8 Å². The molecule has 3 amide bonds. The third-order valence-electron chi connectivity index (χ3n) is 3.64. The van der Waals surface area contributed by atoms with Crippen molar-refractivity contribution in [3.8, 4) is 0 Å². The first-order valence-corrected chi connectivity index (χ1v) is 7.17. The first-order valence-electron chi connectivity index (χ1n) is 6.80. The number of carbonyl (C=O) groups is 2. The Bertz CT molecular complexity index is 748. The van der Waals surface area contributed by atoms with Crippen molar-refractivity contribution in [1.29, 1.82) is 0 Å². The molecule has 1 aliphatic heterocycles. The number of nitrogens with two attached hydrogens (primary N) is 1. The summed E-state index contributed by atoms with van der Waals surface area (Å²) in [5, 5.41) is 3.15. The first-order chi connectivity index (χ1) is 10.6. The molecule has 6 heteroatoms. The standard InChI is InChI=1S/C16H14ClN3O2/c17-11-6-2-3-7-12(11)19-16(22)20-13-8-4-1-5-10(13)9-14(20)15(18)21/h1-8,14H,9H2,(H2,18,21)(H,19,22). The van der Waals surface area contributed by atoms with Crippen molar-refractivity contribution in [1.82, 2.24) is 0 Å². The van der Waals surface area contributed by atoms with Gasteiger partial charge in [-0.2, -0.15) is 0 Å². The zero-order valence-corrected chi connectivity index (χ0v) is 12.4. The molecule has 0 fully saturated rings. The molecule has 3 rings (SSSR count). The molecule has 0 saturated carbocycles. The maximum Gasteiger partial charge on any atom is 0.327 e. The second-order valence-electron chi connectivity index (χ2n) is 5.03. The molecule has 5 nitrogen and oxygen atoms in total. The first kappa shape index (κ1) is 14.4. The van der Waals surface area contributed by atoms with Crippen molar-refractivity contribution in [2.24, 2.45) is 5.73 Å². The molecule has 1 unspecified atom stereocenters. The van der Waals surface area contributed by atoms with Crippen LogP contribution in [0.4, 0.5) is 16.2 Å². The summed E-state index contributed by atoms with van der Waals surface area (Å²) >= 11 is 6.05. The normalized spacial score (nSPS) is 16.2. The number of hydrogen-bond donors (Lipinski definition) is 2. The average Bonchev–Trinajstić information content (AvgIpc) is 2.89. The summed E-state index contributed by atoms with van der Waals surface area (Å²) in [6, 6.07) is 13.2. The zero-order valence-electron chi connectivity index (χ0n) is 11.6. The van der Waals surface area contributed by atoms with Crippen molar-refractivity contribution in [2.45, 2.75) is 12.5 Å². The van der Waals surface area contributed by atoms with Gasteiger partial charge in [0, 0.05) is 12.1 Å². The van der Waals surface area contributed by atoms with E-state index in [-0.39, 0.29) is 0 Å². The number of benzene rings is 2. The summed E-state index contributed by atoms with van der Waals surface area (Å²) in [4.78, 5) is 25.7. The predicted molar refractivity (Wildman–Crippen MR) is 86.1 cm³/mol. The van der Waals surface area contributed by atoms with Crippen molar-refractivity contribution in [3.63, 3.8) is 0 Å². The van der Waals surface area contributed by atoms with Gasteiger partial charge in [0.25, 0.3) is 0 Å². The fraction of sp³-hybridized carbons (Fsp3) is 0.125. The van der Waals surface area contributed by atoms with Crippen LogP contribution in [0.15, 0.2) is 48.5 Å². The van der Waals surface area contributed by atoms with E-state index in [1.165, 1.54) is 4.90 Å². The number of anilines is 2. The number of carbonyl (C=O) groups excluding carboxylic acids is 2. The van der Waals surface area contributed by atoms with Gasteiger partial charge >= 0.3 is 6.03 Å². The van der Waals surface area contributed by atoms with Crippen LogP contribution in [0.5, 0.6) is 0 Å². The Morgan fingerprint density at radius 3 is 2.55 bits per heavy atom. The van der Waals surface area contributed by atoms with Gasteiger partial charge < -0.3 is 11.1 Å². The molecular formula is C16H14ClN3O2. The Labute approximate surface area is 132 Å². The van der Waals surface area contributed by atoms with E-state index in [4.69, 9.17) is 17.3 Å². The lowest BCUT2D eigenvalue weighted by atomic mass is 10.1. The van der Waals surface area contributed by atoms with Gasteiger partial charge in [-0.1, -0.05) is 41.9 Å². The molecule has 112 valence electrons. The largest absolute Gasteiger partial charge is 0.368 e. The molecule has 0 aliphatic carbocycles. The molecular weight excluding hydrogens is 302 g/mol. The number of halogens is 1. The minimum absolute atomic E-state index is 0.418. The SMILES string of the molecule is NC(=O)C1Cc2ccccc2N1C(=O)Nc1ccccc1Cl. The minimum Gasteiger partial charge on any atom is -0.368 e. The highest BCUT2D eigenvalue weighted by molar-refractivity contribution is 6.33. The van der Waals surface area contributed by atoms with Gasteiger partial charge in [-0.05, 0) is 23.8 Å². The minimum atomic E-state index is -0.695. The number of rotatable bonds is 2. The Hall–Kier alpha value is -2.53. The fourth-order valence-electron chi connectivity index (χ4n) is 2.60. The van der Waals surface area contributed by atoms with Crippen LogP contribution >= 0.6 is 11.6 Å². The maximum atomic E-state index is 12.6. The summed E-state index contributed by atoms with van der Waals surface area (Å²) in [5.41, 5.74) is 7.54. The Morgan fingerprint density at radius 2 is 1.82 bits per heavy atom. The number of hydrogen-bond acceptors (Lipinski definition) is 2. The van der Waals surface area contributed by atoms with Crippen molar-refractivity contribution < 1.29 is 9.59 Å². The van der Waals surface area contributed by atoms with Gasteiger partial charge in [-0.3, -0.25) is 9.69 Å². The van der Waals surface area contributed by atoms with Gasteiger partial charge in [-0.25, -0.2) is 4.79 Å². The smallest absolute Gasteiger partial charge is 0.327 e. The van der Waals surface area contributed by atoms with Crippen molar-refractivity contribution >= 4 is 34.9 Å². The lowest BCUT2D eigenvalue weighted by molar-refractivity contribution is -0.119. The predicted octanol–water partition coefficient (Wildman–Crippen LogP) is 2.79. The molecule has 1 atom stereocenters. The molecule has 22 heavy (non-hydrogen) atoms. The van der Waals surface area contributed by atoms with E-state index < -0.39 is 18.0 Å². The molecule has 2 aromatic rings. The summed E-state index contributed by atoms with van der Waals surface area (Å²) in [5.74, 6) is -0.537. The molecule has 0 spiro atoms. The van der Waals surface area contributed by atoms with Crippen LogP contribution in [0.3, 0.4) is 0 Å². The van der Waals surface area contributed by atoms with Crippen LogP contribution in [-0.4, -0.2) is 18.0 Å². The summed E-state index contributed by atoms with van der Waals surface area (Å²) in [7, 11) is 0. The number of fused-ring (bicyclic) bond motifs is 1. The van der Waals surface area contributed by atoms with Gasteiger partial charge in [0.05, 0.1) is 10.7 Å². The van der Waals surface area contributed by atoms with Crippen LogP contribution in [0, 0.1) is 0 Å². The zero-order chi connectivity index (χ0) is 15.7. The quantitative estimate of drug-likeness (QED) is 0.894. The molecule has 2 aromatic carbocycles. The van der Waals surface area contributed by atoms with Gasteiger partial charge in [0.1, 0.15) is 6.04 Å². The van der Waals surface area contributed by atoms with Gasteiger partial charge in [0.2, 0.25) is 5.91 Å². The number of para-hydroxylation sites is 2. The monoisotopic (exact) mass is 315 g/mol. The Kier molecular flexibility index (Phi) is 3.73. The number of amides is 3. The van der Waals surface area contributed by atoms with E-state index in [1.54, 1.807) is 30.3 Å². The van der Waals surface area contributed by atoms with Crippen LogP contribution in [0.25, 0.3) is 0 Å². The maximum absolute atomic E-state index is 12.6. The molecule has 1 aliphatic rings. The summed E-state index contributed by atoms with van der Waals surface area (Å²) < 4.78 is 0. The van der Waals surface area contributed by atoms with Gasteiger partial charge in [0.15, 0.2) is 0 Å². The van der Waals surface area contributed by atoms with E-state index in [9.17, 15) is 9.59 Å². The van der Waals surface area contributed by atoms with E-state index in [0.717, 1.165) is 5.56 Å². The number of urea groups is 1. The van der Waals surface area contributed by atoms with E-state index >= 15 is 0 Å². The second-order valence-corrected chi connectivity index (χ2v) is 5.44. The number of primary amides is 1. The highest BCUT2D eigenvalue weighted by atomic mass is 35.5. The molecule has 0 radical (unpaired) electrons. The lowest BCUT2D eigenvalue weighted by Gasteiger charge is -2.23. The van der Waals surface area contributed by atoms with E-state index in [1.807, 2.05) is 18.2 Å². The average molecular weight is 316 g/mol. The lowest BCUT2D eigenvalue weighted by Crippen LogP contribution is -2.47. The van der Waals surface area contributed by atoms with Crippen molar-refractivity contribution in [3.05, 3.63) is 59.1 Å². The summed E-state index contributed by atoms with van der Waals surface area (Å²) in [6.07, 6.45) is 0.418. The molecule has 1 heterocycles. The molecule has 0 saturated heterocycles. The topological polar surface area (TPSA) is 75.4 Å². The van der Waals surface area contributed by atoms with Crippen LogP contribution < -0.4 is 16.0 Å². The Morgan fingerprint density at radius 1 is 1.14 bits per heavy atom. The van der Waals surface area contributed by atoms with Crippen molar-refractivity contribution in [2.75, 3.05) is 10.2 Å². The molecule has 0 bridgehead atoms. The Balaban J connectivity index is 1.92. The van der Waals surface area contributed by atoms with Crippen LogP contribution in [0.1, 0.15) is 5.56 Å². The third-order valence-corrected chi connectivity index (χ3v) is 3.97. The van der Waals surface area contributed by atoms with Gasteiger partial charge in [-0.15, -0.1) is 0 Å². The number of nitrogens with one attached hydrogen (secondary N) is 1. The van der Waals surface area contributed by atoms with Crippen LogP contribution in [0.2, 0.25) is 5.02 Å². The van der Waals surface area contributed by atoms with E-state index in [2.05, 4.69) is 5.32 Å². The third kappa shape index (κ3) is 2.51. The molecule has 0 aromatic heterocycles. The number of nitrogens with zero attached hydrogens (tertiary/aromatic N) is 1. The van der Waals surface area contributed by atoms with Crippen LogP contribution in [-0.2, 0) is 11.2 Å². The second kappa shape index (κ2) is 5.69.